The molecule has 0 unspecified atom stereocenters. The molecule has 0 aliphatic carbocycles. The van der Waals surface area contributed by atoms with E-state index in [0.717, 1.165) is 33.7 Å². The zero-order valence-electron chi connectivity index (χ0n) is 14.9. The largest absolute Gasteiger partial charge is 0.493 e. The third kappa shape index (κ3) is 3.94. The van der Waals surface area contributed by atoms with Crippen molar-refractivity contribution in [3.8, 4) is 11.5 Å². The van der Waals surface area contributed by atoms with Crippen LogP contribution in [0.5, 0.6) is 11.5 Å². The van der Waals surface area contributed by atoms with Gasteiger partial charge < -0.3 is 20.2 Å². The highest BCUT2D eigenvalue weighted by molar-refractivity contribution is 6.31. The van der Waals surface area contributed by atoms with Crippen molar-refractivity contribution in [2.45, 2.75) is 20.4 Å². The molecule has 3 rings (SSSR count). The Balaban J connectivity index is 1.90. The Morgan fingerprint density at radius 3 is 2.42 bits per heavy atom. The second-order valence-corrected chi connectivity index (χ2v) is 6.15. The summed E-state index contributed by atoms with van der Waals surface area (Å²) in [7, 11) is 0. The molecular weight excluding hydrogens is 350 g/mol. The van der Waals surface area contributed by atoms with Gasteiger partial charge in [-0.2, -0.15) is 0 Å². The van der Waals surface area contributed by atoms with Crippen molar-refractivity contribution in [1.82, 2.24) is 4.98 Å². The lowest BCUT2D eigenvalue weighted by atomic mass is 10.1. The minimum absolute atomic E-state index is 0.369. The van der Waals surface area contributed by atoms with Crippen molar-refractivity contribution in [3.05, 3.63) is 58.7 Å². The molecule has 1 heterocycles. The first kappa shape index (κ1) is 18.1. The van der Waals surface area contributed by atoms with Gasteiger partial charge in [-0.1, -0.05) is 17.7 Å². The summed E-state index contributed by atoms with van der Waals surface area (Å²) in [6.45, 7) is 5.41. The smallest absolute Gasteiger partial charge is 0.142 e. The fourth-order valence-corrected chi connectivity index (χ4v) is 2.95. The van der Waals surface area contributed by atoms with Crippen molar-refractivity contribution in [1.29, 1.82) is 0 Å². The number of rotatable bonds is 7. The summed E-state index contributed by atoms with van der Waals surface area (Å²) in [4.78, 5) is 7.80. The van der Waals surface area contributed by atoms with Gasteiger partial charge in [-0.25, -0.2) is 0 Å². The van der Waals surface area contributed by atoms with Crippen LogP contribution in [-0.4, -0.2) is 24.0 Å². The van der Waals surface area contributed by atoms with Gasteiger partial charge in [-0.3, -0.25) is 4.99 Å². The van der Waals surface area contributed by atoms with Gasteiger partial charge in [0.25, 0.3) is 0 Å². The number of halogens is 1. The summed E-state index contributed by atoms with van der Waals surface area (Å²) in [6, 6.07) is 13.3. The van der Waals surface area contributed by atoms with Crippen molar-refractivity contribution >= 4 is 28.3 Å². The van der Waals surface area contributed by atoms with E-state index in [1.165, 1.54) is 0 Å². The number of aromatic amines is 1. The molecule has 136 valence electrons. The fraction of sp³-hybridized carbons (Fsp3) is 0.250. The molecule has 0 amide bonds. The standard InChI is InChI=1S/C20H22ClN3O2/c1-3-25-18-6-5-7-19(26-4-2)15(18)12-23-20(22)17-11-13-10-14(21)8-9-16(13)24-17/h5-11,24H,3-4,12H2,1-2H3,(H2,22,23). The number of H-pyrrole nitrogens is 1. The number of aliphatic imine (C=N–C) groups is 1. The van der Waals surface area contributed by atoms with E-state index in [2.05, 4.69) is 9.98 Å². The van der Waals surface area contributed by atoms with Crippen molar-refractivity contribution in [3.63, 3.8) is 0 Å². The van der Waals surface area contributed by atoms with Crippen LogP contribution in [0.2, 0.25) is 5.02 Å². The van der Waals surface area contributed by atoms with Crippen LogP contribution in [0.4, 0.5) is 0 Å². The van der Waals surface area contributed by atoms with Gasteiger partial charge in [0.1, 0.15) is 17.3 Å². The molecule has 0 atom stereocenters. The monoisotopic (exact) mass is 371 g/mol. The first-order valence-electron chi connectivity index (χ1n) is 8.58. The van der Waals surface area contributed by atoms with E-state index in [4.69, 9.17) is 26.8 Å². The molecule has 0 aliphatic heterocycles. The Labute approximate surface area is 157 Å². The number of ether oxygens (including phenoxy) is 2. The summed E-state index contributed by atoms with van der Waals surface area (Å²) in [5, 5.41) is 1.68. The third-order valence-electron chi connectivity index (χ3n) is 3.96. The lowest BCUT2D eigenvalue weighted by Gasteiger charge is -2.13. The number of nitrogens with two attached hydrogens (primary N) is 1. The third-order valence-corrected chi connectivity index (χ3v) is 4.19. The second kappa shape index (κ2) is 8.15. The second-order valence-electron chi connectivity index (χ2n) is 5.71. The fourth-order valence-electron chi connectivity index (χ4n) is 2.77. The van der Waals surface area contributed by atoms with E-state index >= 15 is 0 Å². The summed E-state index contributed by atoms with van der Waals surface area (Å²) in [5.41, 5.74) is 8.81. The topological polar surface area (TPSA) is 72.6 Å². The van der Waals surface area contributed by atoms with Gasteiger partial charge >= 0.3 is 0 Å². The van der Waals surface area contributed by atoms with Gasteiger partial charge in [0, 0.05) is 15.9 Å². The van der Waals surface area contributed by atoms with Crippen LogP contribution in [0.25, 0.3) is 10.9 Å². The predicted molar refractivity (Wildman–Crippen MR) is 107 cm³/mol. The Bertz CT molecular complexity index is 910. The van der Waals surface area contributed by atoms with Crippen LogP contribution in [-0.2, 0) is 6.54 Å². The van der Waals surface area contributed by atoms with E-state index < -0.39 is 0 Å². The summed E-state index contributed by atoms with van der Waals surface area (Å²) in [5.74, 6) is 1.95. The molecule has 3 N–H and O–H groups in total. The first-order chi connectivity index (χ1) is 12.6. The van der Waals surface area contributed by atoms with Gasteiger partial charge in [0.2, 0.25) is 0 Å². The number of hydrogen-bond donors (Lipinski definition) is 2. The summed E-state index contributed by atoms with van der Waals surface area (Å²) >= 11 is 6.04. The number of amidine groups is 1. The van der Waals surface area contributed by atoms with E-state index in [0.29, 0.717) is 30.6 Å². The first-order valence-corrected chi connectivity index (χ1v) is 8.96. The number of nitrogens with one attached hydrogen (secondary N) is 1. The van der Waals surface area contributed by atoms with E-state index in [1.54, 1.807) is 0 Å². The highest BCUT2D eigenvalue weighted by Gasteiger charge is 2.11. The average Bonchev–Trinajstić information content (AvgIpc) is 3.04. The maximum absolute atomic E-state index is 6.20. The van der Waals surface area contributed by atoms with E-state index in [-0.39, 0.29) is 0 Å². The Kier molecular flexibility index (Phi) is 5.68. The minimum Gasteiger partial charge on any atom is -0.493 e. The van der Waals surface area contributed by atoms with E-state index in [9.17, 15) is 0 Å². The minimum atomic E-state index is 0.369. The highest BCUT2D eigenvalue weighted by Crippen LogP contribution is 2.30. The van der Waals surface area contributed by atoms with Gasteiger partial charge in [0.05, 0.1) is 31.0 Å². The lowest BCUT2D eigenvalue weighted by Crippen LogP contribution is -2.14. The summed E-state index contributed by atoms with van der Waals surface area (Å²) in [6.07, 6.45) is 0. The van der Waals surface area contributed by atoms with Crippen LogP contribution in [0.15, 0.2) is 47.5 Å². The maximum atomic E-state index is 6.20. The normalized spacial score (nSPS) is 11.7. The Morgan fingerprint density at radius 1 is 1.08 bits per heavy atom. The van der Waals surface area contributed by atoms with E-state index in [1.807, 2.05) is 56.3 Å². The summed E-state index contributed by atoms with van der Waals surface area (Å²) < 4.78 is 11.4. The zero-order valence-corrected chi connectivity index (χ0v) is 15.6. The molecule has 26 heavy (non-hydrogen) atoms. The van der Waals surface area contributed by atoms with Gasteiger partial charge in [-0.05, 0) is 50.2 Å². The lowest BCUT2D eigenvalue weighted by molar-refractivity contribution is 0.316. The Hall–Kier alpha value is -2.66. The molecule has 6 heteroatoms. The molecule has 0 radical (unpaired) electrons. The van der Waals surface area contributed by atoms with Gasteiger partial charge in [0.15, 0.2) is 0 Å². The zero-order chi connectivity index (χ0) is 18.5. The number of benzene rings is 2. The number of hydrogen-bond acceptors (Lipinski definition) is 3. The molecule has 1 aromatic heterocycles. The van der Waals surface area contributed by atoms with Crippen LogP contribution < -0.4 is 15.2 Å². The molecule has 0 spiro atoms. The molecule has 0 bridgehead atoms. The quantitative estimate of drug-likeness (QED) is 0.473. The average molecular weight is 372 g/mol. The van der Waals surface area contributed by atoms with Crippen molar-refractivity contribution in [2.24, 2.45) is 10.7 Å². The van der Waals surface area contributed by atoms with Crippen molar-refractivity contribution in [2.75, 3.05) is 13.2 Å². The number of fused-ring (bicyclic) bond motifs is 1. The molecule has 0 fully saturated rings. The predicted octanol–water partition coefficient (Wildman–Crippen LogP) is 4.52. The molecular formula is C20H22ClN3O2. The molecule has 2 aromatic carbocycles. The van der Waals surface area contributed by atoms with Crippen LogP contribution in [0.3, 0.4) is 0 Å². The number of nitrogens with zero attached hydrogens (tertiary/aromatic N) is 1. The molecule has 0 saturated carbocycles. The highest BCUT2D eigenvalue weighted by atomic mass is 35.5. The molecule has 5 nitrogen and oxygen atoms in total. The van der Waals surface area contributed by atoms with Crippen LogP contribution in [0, 0.1) is 0 Å². The molecule has 0 saturated heterocycles. The SMILES string of the molecule is CCOc1cccc(OCC)c1CN=C(N)c1cc2cc(Cl)ccc2[nH]1. The molecule has 0 aliphatic rings. The van der Waals surface area contributed by atoms with Crippen molar-refractivity contribution < 1.29 is 9.47 Å². The van der Waals surface area contributed by atoms with Gasteiger partial charge in [-0.15, -0.1) is 0 Å². The maximum Gasteiger partial charge on any atom is 0.142 e. The Morgan fingerprint density at radius 2 is 1.77 bits per heavy atom. The molecule has 3 aromatic rings. The van der Waals surface area contributed by atoms with Crippen LogP contribution in [0.1, 0.15) is 25.1 Å². The van der Waals surface area contributed by atoms with Crippen LogP contribution >= 0.6 is 11.6 Å². The number of aromatic nitrogens is 1.